The Hall–Kier alpha value is -4.43. The molecule has 1 fully saturated rings. The van der Waals surface area contributed by atoms with Crippen molar-refractivity contribution in [1.29, 1.82) is 0 Å². The molecule has 13 nitrogen and oxygen atoms in total. The molecule has 4 aromatic heterocycles. The highest BCUT2D eigenvalue weighted by Crippen LogP contribution is 2.30. The van der Waals surface area contributed by atoms with E-state index in [2.05, 4.69) is 47.0 Å². The number of amides is 1. The molecular formula is C24H25N11O2S. The first-order chi connectivity index (χ1) is 18.6. The first-order valence-corrected chi connectivity index (χ1v) is 13.1. The maximum Gasteiger partial charge on any atom is 0.294 e. The summed E-state index contributed by atoms with van der Waals surface area (Å²) in [7, 11) is 0. The second-order valence-electron chi connectivity index (χ2n) is 8.78. The van der Waals surface area contributed by atoms with Crippen molar-refractivity contribution in [3.8, 4) is 0 Å². The van der Waals surface area contributed by atoms with Gasteiger partial charge in [-0.2, -0.15) is 0 Å². The van der Waals surface area contributed by atoms with Crippen molar-refractivity contribution in [2.75, 3.05) is 41.3 Å². The number of hydrogen-bond donors (Lipinski definition) is 4. The van der Waals surface area contributed by atoms with Gasteiger partial charge in [0, 0.05) is 36.9 Å². The first kappa shape index (κ1) is 23.9. The fourth-order valence-electron chi connectivity index (χ4n) is 4.54. The third kappa shape index (κ3) is 4.43. The molecule has 1 aromatic carbocycles. The average molecular weight is 532 g/mol. The number of rotatable bonds is 7. The third-order valence-corrected chi connectivity index (χ3v) is 7.43. The molecule has 1 amide bonds. The van der Waals surface area contributed by atoms with Gasteiger partial charge in [0.25, 0.3) is 5.91 Å². The average Bonchev–Trinajstić information content (AvgIpc) is 3.66. The maximum atomic E-state index is 11.7. The Kier molecular flexibility index (Phi) is 6.39. The fourth-order valence-corrected chi connectivity index (χ4v) is 5.40. The summed E-state index contributed by atoms with van der Waals surface area (Å²) < 4.78 is 0. The maximum absolute atomic E-state index is 11.7. The van der Waals surface area contributed by atoms with Gasteiger partial charge < -0.3 is 20.1 Å². The van der Waals surface area contributed by atoms with Gasteiger partial charge in [-0.3, -0.25) is 10.0 Å². The number of piperazine rings is 1. The van der Waals surface area contributed by atoms with E-state index in [1.54, 1.807) is 17.2 Å². The van der Waals surface area contributed by atoms with Crippen molar-refractivity contribution < 1.29 is 10.0 Å². The number of thiazole rings is 1. The number of hydrogen-bond acceptors (Lipinski definition) is 12. The Morgan fingerprint density at radius 3 is 2.74 bits per heavy atom. The number of carbonyl (C=O) groups is 1. The molecule has 38 heavy (non-hydrogen) atoms. The van der Waals surface area contributed by atoms with Crippen LogP contribution < -0.4 is 20.6 Å². The van der Waals surface area contributed by atoms with Crippen molar-refractivity contribution in [2.24, 2.45) is 0 Å². The number of benzene rings is 1. The minimum absolute atomic E-state index is 0.180. The van der Waals surface area contributed by atoms with Gasteiger partial charge in [0.15, 0.2) is 22.4 Å². The SMILES string of the molecule is CC[C@H](Nc1ncnc2[nH]cnc12)c1nc(N2CCN(c3nc(C(=O)NO)cs3)CC2)c2ccccc2n1. The Balaban J connectivity index is 1.27. The number of anilines is 3. The number of aromatic nitrogens is 7. The predicted molar refractivity (Wildman–Crippen MR) is 144 cm³/mol. The number of nitrogens with one attached hydrogen (secondary N) is 3. The van der Waals surface area contributed by atoms with Crippen LogP contribution in [0, 0.1) is 0 Å². The molecule has 5 aromatic rings. The van der Waals surface area contributed by atoms with Crippen LogP contribution in [0.15, 0.2) is 42.3 Å². The first-order valence-electron chi connectivity index (χ1n) is 12.2. The van der Waals surface area contributed by atoms with E-state index in [1.165, 1.54) is 17.7 Å². The van der Waals surface area contributed by atoms with Crippen LogP contribution in [0.4, 0.5) is 16.8 Å². The van der Waals surface area contributed by atoms with Gasteiger partial charge in [-0.1, -0.05) is 19.1 Å². The molecule has 5 heterocycles. The number of carbonyl (C=O) groups excluding carboxylic acids is 1. The van der Waals surface area contributed by atoms with Gasteiger partial charge >= 0.3 is 0 Å². The predicted octanol–water partition coefficient (Wildman–Crippen LogP) is 2.76. The molecule has 0 unspecified atom stereocenters. The zero-order valence-corrected chi connectivity index (χ0v) is 21.3. The van der Waals surface area contributed by atoms with Crippen molar-refractivity contribution >= 4 is 56.1 Å². The molecule has 1 aliphatic heterocycles. The van der Waals surface area contributed by atoms with E-state index in [4.69, 9.17) is 15.2 Å². The van der Waals surface area contributed by atoms with Crippen LogP contribution in [0.3, 0.4) is 0 Å². The van der Waals surface area contributed by atoms with E-state index in [0.717, 1.165) is 54.5 Å². The molecule has 14 heteroatoms. The lowest BCUT2D eigenvalue weighted by Crippen LogP contribution is -2.47. The van der Waals surface area contributed by atoms with Gasteiger partial charge in [0.05, 0.1) is 17.9 Å². The lowest BCUT2D eigenvalue weighted by Gasteiger charge is -2.36. The standard InChI is InChI=1S/C24H25N11O2S/c1-2-15(29-21-18-20(26-12-25-18)27-13-28-21)19-30-16-6-4-3-5-14(16)22(32-19)34-7-9-35(10-8-34)24-31-17(11-38-24)23(36)33-37/h3-6,11-13,15,37H,2,7-10H2,1H3,(H,33,36)(H2,25,26,27,28,29)/t15-/m0/s1. The summed E-state index contributed by atoms with van der Waals surface area (Å²) in [6.07, 6.45) is 3.85. The zero-order chi connectivity index (χ0) is 26.1. The van der Waals surface area contributed by atoms with Crippen LogP contribution in [-0.2, 0) is 0 Å². The Labute approximate surface area is 221 Å². The van der Waals surface area contributed by atoms with Crippen molar-refractivity contribution in [1.82, 2.24) is 40.4 Å². The quantitative estimate of drug-likeness (QED) is 0.180. The second-order valence-corrected chi connectivity index (χ2v) is 9.62. The molecule has 1 atom stereocenters. The number of fused-ring (bicyclic) bond motifs is 2. The highest BCUT2D eigenvalue weighted by atomic mass is 32.1. The van der Waals surface area contributed by atoms with Crippen molar-refractivity contribution in [3.63, 3.8) is 0 Å². The fraction of sp³-hybridized carbons (Fsp3) is 0.292. The van der Waals surface area contributed by atoms with Crippen LogP contribution >= 0.6 is 11.3 Å². The summed E-state index contributed by atoms with van der Waals surface area (Å²) in [6.45, 7) is 4.97. The molecule has 6 rings (SSSR count). The van der Waals surface area contributed by atoms with Gasteiger partial charge in [0.1, 0.15) is 23.4 Å². The van der Waals surface area contributed by atoms with Gasteiger partial charge in [-0.25, -0.2) is 35.4 Å². The monoisotopic (exact) mass is 531 g/mol. The van der Waals surface area contributed by atoms with E-state index in [9.17, 15) is 4.79 Å². The van der Waals surface area contributed by atoms with Gasteiger partial charge in [0.2, 0.25) is 0 Å². The molecule has 0 saturated carbocycles. The minimum Gasteiger partial charge on any atom is -0.358 e. The van der Waals surface area contributed by atoms with Crippen LogP contribution in [0.1, 0.15) is 35.7 Å². The molecule has 1 aliphatic rings. The van der Waals surface area contributed by atoms with Crippen LogP contribution in [-0.4, -0.2) is 72.2 Å². The molecule has 0 spiro atoms. The van der Waals surface area contributed by atoms with E-state index in [1.807, 2.05) is 24.3 Å². The van der Waals surface area contributed by atoms with E-state index in [-0.39, 0.29) is 11.7 Å². The molecule has 0 radical (unpaired) electrons. The lowest BCUT2D eigenvalue weighted by atomic mass is 10.1. The van der Waals surface area contributed by atoms with Crippen molar-refractivity contribution in [3.05, 3.63) is 53.8 Å². The lowest BCUT2D eigenvalue weighted by molar-refractivity contribution is 0.0701. The molecule has 0 bridgehead atoms. The highest BCUT2D eigenvalue weighted by Gasteiger charge is 2.25. The van der Waals surface area contributed by atoms with E-state index < -0.39 is 5.91 Å². The Morgan fingerprint density at radius 1 is 1.11 bits per heavy atom. The largest absolute Gasteiger partial charge is 0.358 e. The number of imidazole rings is 1. The minimum atomic E-state index is -0.611. The van der Waals surface area contributed by atoms with E-state index >= 15 is 0 Å². The molecule has 4 N–H and O–H groups in total. The van der Waals surface area contributed by atoms with Gasteiger partial charge in [-0.05, 0) is 18.6 Å². The number of aromatic amines is 1. The number of para-hydroxylation sites is 1. The second kappa shape index (κ2) is 10.1. The molecule has 0 aliphatic carbocycles. The number of hydroxylamine groups is 1. The summed E-state index contributed by atoms with van der Waals surface area (Å²) >= 11 is 1.38. The summed E-state index contributed by atoms with van der Waals surface area (Å²) in [6, 6.07) is 7.86. The Morgan fingerprint density at radius 2 is 1.92 bits per heavy atom. The zero-order valence-electron chi connectivity index (χ0n) is 20.5. The van der Waals surface area contributed by atoms with Crippen LogP contribution in [0.25, 0.3) is 22.1 Å². The highest BCUT2D eigenvalue weighted by molar-refractivity contribution is 7.13. The summed E-state index contributed by atoms with van der Waals surface area (Å²) in [4.78, 5) is 46.4. The Bertz CT molecular complexity index is 1590. The summed E-state index contributed by atoms with van der Waals surface area (Å²) in [5.74, 6) is 1.59. The van der Waals surface area contributed by atoms with Crippen LogP contribution in [0.5, 0.6) is 0 Å². The number of H-pyrrole nitrogens is 1. The smallest absolute Gasteiger partial charge is 0.294 e. The topological polar surface area (TPSA) is 161 Å². The normalized spacial score (nSPS) is 14.7. The third-order valence-electron chi connectivity index (χ3n) is 6.52. The summed E-state index contributed by atoms with van der Waals surface area (Å²) in [5, 5.41) is 15.7. The molecule has 1 saturated heterocycles. The summed E-state index contributed by atoms with van der Waals surface area (Å²) in [5.41, 5.74) is 4.05. The number of nitrogens with zero attached hydrogens (tertiary/aromatic N) is 8. The molecular weight excluding hydrogens is 506 g/mol. The van der Waals surface area contributed by atoms with Crippen LogP contribution in [0.2, 0.25) is 0 Å². The van der Waals surface area contributed by atoms with E-state index in [0.29, 0.717) is 22.8 Å². The van der Waals surface area contributed by atoms with Gasteiger partial charge in [-0.15, -0.1) is 11.3 Å². The molecule has 194 valence electrons. The van der Waals surface area contributed by atoms with Crippen molar-refractivity contribution in [2.45, 2.75) is 19.4 Å².